The van der Waals surface area contributed by atoms with E-state index in [1.165, 1.54) is 23.6 Å². The molecule has 2 heterocycles. The molecule has 86 valence electrons. The number of hydrogen-bond donors (Lipinski definition) is 1. The Hall–Kier alpha value is -1.72. The van der Waals surface area contributed by atoms with E-state index in [9.17, 15) is 9.59 Å². The number of halogens is 1. The zero-order valence-corrected chi connectivity index (χ0v) is 10.1. The van der Waals surface area contributed by atoms with Gasteiger partial charge >= 0.3 is 0 Å². The Morgan fingerprint density at radius 3 is 2.47 bits per heavy atom. The number of primary amides is 1. The highest BCUT2D eigenvalue weighted by Crippen LogP contribution is 2.29. The number of aromatic nitrogens is 1. The minimum Gasteiger partial charge on any atom is -0.363 e. The summed E-state index contributed by atoms with van der Waals surface area (Å²) in [4.78, 5) is 26.9. The zero-order chi connectivity index (χ0) is 12.4. The Morgan fingerprint density at radius 1 is 1.24 bits per heavy atom. The number of carbonyl (C=O) groups excluding carboxylic acids is 2. The molecule has 17 heavy (non-hydrogen) atoms. The van der Waals surface area contributed by atoms with Gasteiger partial charge in [0.1, 0.15) is 0 Å². The number of amides is 1. The largest absolute Gasteiger partial charge is 0.363 e. The maximum absolute atomic E-state index is 11.3. The van der Waals surface area contributed by atoms with Crippen LogP contribution in [0.1, 0.15) is 10.4 Å². The standard InChI is InChI=1S/C11H7ClN2O2S/c12-9-4-3-8(17-9)7-2-1-6(5-14-7)10(15)11(13)16/h1-5H,(H2,13,16). The lowest BCUT2D eigenvalue weighted by molar-refractivity contribution is -0.114. The molecule has 0 saturated heterocycles. The second kappa shape index (κ2) is 4.65. The molecule has 0 bridgehead atoms. The monoisotopic (exact) mass is 266 g/mol. The fourth-order valence-corrected chi connectivity index (χ4v) is 2.29. The lowest BCUT2D eigenvalue weighted by Crippen LogP contribution is -2.23. The normalized spacial score (nSPS) is 10.2. The number of hydrogen-bond acceptors (Lipinski definition) is 4. The van der Waals surface area contributed by atoms with Gasteiger partial charge < -0.3 is 5.73 Å². The van der Waals surface area contributed by atoms with E-state index in [4.69, 9.17) is 17.3 Å². The van der Waals surface area contributed by atoms with Crippen LogP contribution in [0.4, 0.5) is 0 Å². The molecule has 6 heteroatoms. The molecule has 0 atom stereocenters. The van der Waals surface area contributed by atoms with Crippen molar-refractivity contribution in [2.75, 3.05) is 0 Å². The number of nitrogens with zero attached hydrogens (tertiary/aromatic N) is 1. The lowest BCUT2D eigenvalue weighted by atomic mass is 10.1. The molecule has 0 fully saturated rings. The summed E-state index contributed by atoms with van der Waals surface area (Å²) in [7, 11) is 0. The molecule has 0 aliphatic heterocycles. The maximum Gasteiger partial charge on any atom is 0.289 e. The van der Waals surface area contributed by atoms with Crippen molar-refractivity contribution in [1.82, 2.24) is 4.98 Å². The summed E-state index contributed by atoms with van der Waals surface area (Å²) in [5, 5.41) is 0. The van der Waals surface area contributed by atoms with E-state index in [1.54, 1.807) is 12.1 Å². The molecular weight excluding hydrogens is 260 g/mol. The van der Waals surface area contributed by atoms with Gasteiger partial charge in [0.15, 0.2) is 0 Å². The van der Waals surface area contributed by atoms with Crippen LogP contribution in [0.25, 0.3) is 10.6 Å². The van der Waals surface area contributed by atoms with Crippen molar-refractivity contribution >= 4 is 34.6 Å². The highest BCUT2D eigenvalue weighted by atomic mass is 35.5. The number of ketones is 1. The van der Waals surface area contributed by atoms with Gasteiger partial charge in [0.25, 0.3) is 11.7 Å². The zero-order valence-electron chi connectivity index (χ0n) is 8.51. The minimum atomic E-state index is -0.987. The Labute approximate surface area is 106 Å². The third kappa shape index (κ3) is 2.51. The number of nitrogens with two attached hydrogens (primary N) is 1. The number of carbonyl (C=O) groups is 2. The average molecular weight is 267 g/mol. The van der Waals surface area contributed by atoms with Crippen LogP contribution in [0.3, 0.4) is 0 Å². The SMILES string of the molecule is NC(=O)C(=O)c1ccc(-c2ccc(Cl)s2)nc1. The molecule has 4 nitrogen and oxygen atoms in total. The van der Waals surface area contributed by atoms with Crippen LogP contribution in [-0.4, -0.2) is 16.7 Å². The first-order chi connectivity index (χ1) is 8.08. The lowest BCUT2D eigenvalue weighted by Gasteiger charge is -1.98. The van der Waals surface area contributed by atoms with E-state index in [1.807, 2.05) is 6.07 Å². The summed E-state index contributed by atoms with van der Waals surface area (Å²) in [5.41, 5.74) is 5.77. The van der Waals surface area contributed by atoms with Gasteiger partial charge in [-0.25, -0.2) is 0 Å². The first-order valence-corrected chi connectivity index (χ1v) is 5.83. The smallest absolute Gasteiger partial charge is 0.289 e. The van der Waals surface area contributed by atoms with Gasteiger partial charge in [-0.1, -0.05) is 11.6 Å². The second-order valence-corrected chi connectivity index (χ2v) is 4.94. The highest BCUT2D eigenvalue weighted by Gasteiger charge is 2.12. The van der Waals surface area contributed by atoms with E-state index in [-0.39, 0.29) is 5.56 Å². The Morgan fingerprint density at radius 2 is 2.00 bits per heavy atom. The summed E-state index contributed by atoms with van der Waals surface area (Å²) >= 11 is 7.20. The molecular formula is C11H7ClN2O2S. The van der Waals surface area contributed by atoms with E-state index < -0.39 is 11.7 Å². The molecule has 0 spiro atoms. The number of Topliss-reactive ketones (excluding diaryl/α,β-unsaturated/α-hetero) is 1. The molecule has 0 radical (unpaired) electrons. The van der Waals surface area contributed by atoms with Crippen LogP contribution < -0.4 is 5.73 Å². The molecule has 0 unspecified atom stereocenters. The molecule has 2 aromatic heterocycles. The van der Waals surface area contributed by atoms with Gasteiger partial charge in [-0.15, -0.1) is 11.3 Å². The van der Waals surface area contributed by atoms with Crippen LogP contribution >= 0.6 is 22.9 Å². The quantitative estimate of drug-likeness (QED) is 0.683. The first kappa shape index (κ1) is 11.8. The van der Waals surface area contributed by atoms with Crippen LogP contribution in [-0.2, 0) is 4.79 Å². The Bertz CT molecular complexity index is 577. The van der Waals surface area contributed by atoms with Gasteiger partial charge in [-0.05, 0) is 24.3 Å². The number of thiophene rings is 1. The summed E-state index contributed by atoms with van der Waals surface area (Å²) in [6.07, 6.45) is 1.33. The Kier molecular flexibility index (Phi) is 3.21. The molecule has 2 rings (SSSR count). The third-order valence-electron chi connectivity index (χ3n) is 2.08. The summed E-state index contributed by atoms with van der Waals surface area (Å²) in [6.45, 7) is 0. The molecule has 2 N–H and O–H groups in total. The fraction of sp³-hybridized carbons (Fsp3) is 0. The van der Waals surface area contributed by atoms with Gasteiger partial charge in [-0.2, -0.15) is 0 Å². The van der Waals surface area contributed by atoms with Crippen molar-refractivity contribution in [2.24, 2.45) is 5.73 Å². The van der Waals surface area contributed by atoms with E-state index in [2.05, 4.69) is 4.98 Å². The summed E-state index contributed by atoms with van der Waals surface area (Å²) in [6, 6.07) is 6.78. The van der Waals surface area contributed by atoms with Crippen LogP contribution in [0.2, 0.25) is 4.34 Å². The highest BCUT2D eigenvalue weighted by molar-refractivity contribution is 7.19. The fourth-order valence-electron chi connectivity index (χ4n) is 1.27. The van der Waals surface area contributed by atoms with Gasteiger partial charge in [-0.3, -0.25) is 14.6 Å². The van der Waals surface area contributed by atoms with Crippen molar-refractivity contribution < 1.29 is 9.59 Å². The second-order valence-electron chi connectivity index (χ2n) is 3.23. The van der Waals surface area contributed by atoms with Gasteiger partial charge in [0, 0.05) is 11.8 Å². The maximum atomic E-state index is 11.3. The van der Waals surface area contributed by atoms with Gasteiger partial charge in [0.05, 0.1) is 14.9 Å². The summed E-state index contributed by atoms with van der Waals surface area (Å²) in [5.74, 6) is -1.73. The third-order valence-corrected chi connectivity index (χ3v) is 3.33. The van der Waals surface area contributed by atoms with Crippen molar-refractivity contribution in [3.8, 4) is 10.6 Å². The molecule has 0 aliphatic rings. The van der Waals surface area contributed by atoms with Crippen LogP contribution in [0.15, 0.2) is 30.5 Å². The average Bonchev–Trinajstić information content (AvgIpc) is 2.75. The molecule has 2 aromatic rings. The molecule has 1 amide bonds. The van der Waals surface area contributed by atoms with Gasteiger partial charge in [0.2, 0.25) is 0 Å². The predicted molar refractivity (Wildman–Crippen MR) is 66.1 cm³/mol. The minimum absolute atomic E-state index is 0.184. The number of pyridine rings is 1. The molecule has 0 saturated carbocycles. The van der Waals surface area contributed by atoms with E-state index >= 15 is 0 Å². The molecule has 0 aromatic carbocycles. The van der Waals surface area contributed by atoms with E-state index in [0.717, 1.165) is 4.88 Å². The summed E-state index contributed by atoms with van der Waals surface area (Å²) < 4.78 is 0.666. The topological polar surface area (TPSA) is 73.1 Å². The van der Waals surface area contributed by atoms with Crippen LogP contribution in [0, 0.1) is 0 Å². The first-order valence-electron chi connectivity index (χ1n) is 4.64. The Balaban J connectivity index is 2.30. The van der Waals surface area contributed by atoms with Crippen molar-refractivity contribution in [2.45, 2.75) is 0 Å². The van der Waals surface area contributed by atoms with Crippen molar-refractivity contribution in [3.63, 3.8) is 0 Å². The van der Waals surface area contributed by atoms with Crippen molar-refractivity contribution in [3.05, 3.63) is 40.4 Å². The van der Waals surface area contributed by atoms with E-state index in [0.29, 0.717) is 10.0 Å². The number of rotatable bonds is 3. The molecule has 0 aliphatic carbocycles. The predicted octanol–water partition coefficient (Wildman–Crippen LogP) is 2.13. The van der Waals surface area contributed by atoms with Crippen molar-refractivity contribution in [1.29, 1.82) is 0 Å². The van der Waals surface area contributed by atoms with Crippen LogP contribution in [0.5, 0.6) is 0 Å².